The number of rotatable bonds is 2. The summed E-state index contributed by atoms with van der Waals surface area (Å²) in [6, 6.07) is 3.65. The lowest BCUT2D eigenvalue weighted by Gasteiger charge is -2.04. The quantitative estimate of drug-likeness (QED) is 0.700. The van der Waals surface area contributed by atoms with E-state index in [1.165, 1.54) is 0 Å². The van der Waals surface area contributed by atoms with Crippen LogP contribution in [-0.2, 0) is 0 Å². The van der Waals surface area contributed by atoms with Gasteiger partial charge in [-0.1, -0.05) is 13.8 Å². The molecule has 4 nitrogen and oxygen atoms in total. The van der Waals surface area contributed by atoms with Gasteiger partial charge in [-0.15, -0.1) is 0 Å². The van der Waals surface area contributed by atoms with Crippen molar-refractivity contribution in [1.29, 1.82) is 0 Å². The molecule has 78 valence electrons. The molecule has 0 radical (unpaired) electrons. The molecule has 2 aromatic rings. The number of nitrogens with zero attached hydrogens (tertiary/aromatic N) is 3. The summed E-state index contributed by atoms with van der Waals surface area (Å²) < 4.78 is 1.66. The third kappa shape index (κ3) is 1.63. The maximum absolute atomic E-state index is 11.8. The average molecular weight is 203 g/mol. The SMILES string of the molecule is Cc1ncc2ccc(C(=O)C(C)C)n2n1. The van der Waals surface area contributed by atoms with Crippen molar-refractivity contribution < 1.29 is 4.79 Å². The van der Waals surface area contributed by atoms with Gasteiger partial charge in [-0.2, -0.15) is 5.10 Å². The molecule has 0 amide bonds. The van der Waals surface area contributed by atoms with Crippen LogP contribution < -0.4 is 0 Å². The average Bonchev–Trinajstić information content (AvgIpc) is 2.59. The lowest BCUT2D eigenvalue weighted by atomic mass is 10.1. The molecule has 0 aliphatic heterocycles. The van der Waals surface area contributed by atoms with Crippen LogP contribution in [0.4, 0.5) is 0 Å². The Balaban J connectivity index is 2.62. The maximum Gasteiger partial charge on any atom is 0.183 e. The van der Waals surface area contributed by atoms with Crippen molar-refractivity contribution in [1.82, 2.24) is 14.6 Å². The summed E-state index contributed by atoms with van der Waals surface area (Å²) in [7, 11) is 0. The summed E-state index contributed by atoms with van der Waals surface area (Å²) in [5.74, 6) is 0.753. The van der Waals surface area contributed by atoms with Crippen LogP contribution in [0.25, 0.3) is 5.52 Å². The maximum atomic E-state index is 11.8. The molecular formula is C11H13N3O. The first-order valence-electron chi connectivity index (χ1n) is 4.95. The van der Waals surface area contributed by atoms with E-state index in [2.05, 4.69) is 10.1 Å². The van der Waals surface area contributed by atoms with Gasteiger partial charge in [-0.25, -0.2) is 9.50 Å². The van der Waals surface area contributed by atoms with Gasteiger partial charge in [0.2, 0.25) is 0 Å². The second kappa shape index (κ2) is 3.46. The largest absolute Gasteiger partial charge is 0.292 e. The van der Waals surface area contributed by atoms with Crippen molar-refractivity contribution in [3.05, 3.63) is 29.8 Å². The number of aryl methyl sites for hydroxylation is 1. The van der Waals surface area contributed by atoms with Crippen LogP contribution in [0, 0.1) is 12.8 Å². The Labute approximate surface area is 87.9 Å². The lowest BCUT2D eigenvalue weighted by Crippen LogP contribution is -2.12. The number of ketones is 1. The minimum Gasteiger partial charge on any atom is -0.292 e. The third-order valence-electron chi connectivity index (χ3n) is 2.29. The zero-order valence-corrected chi connectivity index (χ0v) is 9.06. The molecule has 2 heterocycles. The summed E-state index contributed by atoms with van der Waals surface area (Å²) in [6.45, 7) is 5.58. The molecule has 0 atom stereocenters. The van der Waals surface area contributed by atoms with Crippen molar-refractivity contribution in [3.8, 4) is 0 Å². The van der Waals surface area contributed by atoms with Crippen molar-refractivity contribution in [2.75, 3.05) is 0 Å². The molecule has 15 heavy (non-hydrogen) atoms. The summed E-state index contributed by atoms with van der Waals surface area (Å²) >= 11 is 0. The zero-order valence-electron chi connectivity index (χ0n) is 9.06. The molecule has 0 bridgehead atoms. The molecule has 0 spiro atoms. The molecule has 0 fully saturated rings. The monoisotopic (exact) mass is 203 g/mol. The van der Waals surface area contributed by atoms with E-state index in [9.17, 15) is 4.79 Å². The Kier molecular flexibility index (Phi) is 2.26. The number of carbonyl (C=O) groups is 1. The predicted octanol–water partition coefficient (Wildman–Crippen LogP) is 1.88. The molecule has 2 rings (SSSR count). The molecule has 4 heteroatoms. The van der Waals surface area contributed by atoms with Crippen molar-refractivity contribution in [2.24, 2.45) is 5.92 Å². The van der Waals surface area contributed by atoms with Crippen LogP contribution in [0.15, 0.2) is 18.3 Å². The van der Waals surface area contributed by atoms with Gasteiger partial charge in [0.1, 0.15) is 11.5 Å². The molecule has 2 aromatic heterocycles. The highest BCUT2D eigenvalue weighted by atomic mass is 16.1. The zero-order chi connectivity index (χ0) is 11.0. The van der Waals surface area contributed by atoms with Gasteiger partial charge in [0.05, 0.1) is 11.7 Å². The van der Waals surface area contributed by atoms with Crippen LogP contribution in [0.5, 0.6) is 0 Å². The van der Waals surface area contributed by atoms with E-state index in [-0.39, 0.29) is 11.7 Å². The number of hydrogen-bond donors (Lipinski definition) is 0. The highest BCUT2D eigenvalue weighted by Gasteiger charge is 2.15. The van der Waals surface area contributed by atoms with Crippen LogP contribution >= 0.6 is 0 Å². The number of hydrogen-bond acceptors (Lipinski definition) is 3. The lowest BCUT2D eigenvalue weighted by molar-refractivity contribution is 0.0932. The first-order valence-corrected chi connectivity index (χ1v) is 4.95. The summed E-state index contributed by atoms with van der Waals surface area (Å²) in [5, 5.41) is 4.22. The predicted molar refractivity (Wildman–Crippen MR) is 56.9 cm³/mol. The Bertz CT molecular complexity index is 514. The molecule has 0 aliphatic carbocycles. The fraction of sp³-hybridized carbons (Fsp3) is 0.364. The van der Waals surface area contributed by atoms with E-state index in [0.29, 0.717) is 11.5 Å². The van der Waals surface area contributed by atoms with Crippen LogP contribution in [-0.4, -0.2) is 20.4 Å². The standard InChI is InChI=1S/C11H13N3O/c1-7(2)11(15)10-5-4-9-6-12-8(3)13-14(9)10/h4-7H,1-3H3. The van der Waals surface area contributed by atoms with E-state index >= 15 is 0 Å². The van der Waals surface area contributed by atoms with Gasteiger partial charge in [0, 0.05) is 5.92 Å². The van der Waals surface area contributed by atoms with Crippen LogP contribution in [0.3, 0.4) is 0 Å². The molecule has 0 N–H and O–H groups in total. The van der Waals surface area contributed by atoms with Crippen molar-refractivity contribution in [2.45, 2.75) is 20.8 Å². The molecular weight excluding hydrogens is 190 g/mol. The second-order valence-corrected chi connectivity index (χ2v) is 3.88. The van der Waals surface area contributed by atoms with Gasteiger partial charge in [0.15, 0.2) is 5.78 Å². The minimum absolute atomic E-state index is 0.0154. The van der Waals surface area contributed by atoms with E-state index in [1.807, 2.05) is 26.8 Å². The highest BCUT2D eigenvalue weighted by molar-refractivity contribution is 5.96. The normalized spacial score (nSPS) is 11.2. The Morgan fingerprint density at radius 3 is 2.80 bits per heavy atom. The van der Waals surface area contributed by atoms with Crippen LogP contribution in [0.2, 0.25) is 0 Å². The van der Waals surface area contributed by atoms with E-state index in [4.69, 9.17) is 0 Å². The number of carbonyl (C=O) groups excluding carboxylic acids is 1. The first-order chi connectivity index (χ1) is 7.09. The molecule has 0 aromatic carbocycles. The van der Waals surface area contributed by atoms with Gasteiger partial charge in [-0.05, 0) is 19.1 Å². The Morgan fingerprint density at radius 1 is 1.40 bits per heavy atom. The number of aromatic nitrogens is 3. The second-order valence-electron chi connectivity index (χ2n) is 3.88. The first kappa shape index (κ1) is 9.83. The van der Waals surface area contributed by atoms with Crippen molar-refractivity contribution in [3.63, 3.8) is 0 Å². The molecule has 0 unspecified atom stereocenters. The number of fused-ring (bicyclic) bond motifs is 1. The minimum atomic E-state index is -0.0154. The number of Topliss-reactive ketones (excluding diaryl/α,β-unsaturated/α-hetero) is 1. The van der Waals surface area contributed by atoms with Gasteiger partial charge in [0.25, 0.3) is 0 Å². The molecule has 0 aliphatic rings. The fourth-order valence-corrected chi connectivity index (χ4v) is 1.47. The third-order valence-corrected chi connectivity index (χ3v) is 2.29. The van der Waals surface area contributed by atoms with Gasteiger partial charge in [-0.3, -0.25) is 4.79 Å². The van der Waals surface area contributed by atoms with E-state index in [0.717, 1.165) is 5.52 Å². The molecule has 0 saturated carbocycles. The fourth-order valence-electron chi connectivity index (χ4n) is 1.47. The summed E-state index contributed by atoms with van der Waals surface area (Å²) in [4.78, 5) is 15.9. The molecule has 0 saturated heterocycles. The van der Waals surface area contributed by atoms with Gasteiger partial charge < -0.3 is 0 Å². The van der Waals surface area contributed by atoms with Crippen molar-refractivity contribution >= 4 is 11.3 Å². The summed E-state index contributed by atoms with van der Waals surface area (Å²) in [5.41, 5.74) is 1.48. The van der Waals surface area contributed by atoms with Crippen LogP contribution in [0.1, 0.15) is 30.2 Å². The summed E-state index contributed by atoms with van der Waals surface area (Å²) in [6.07, 6.45) is 1.72. The Hall–Kier alpha value is -1.71. The topological polar surface area (TPSA) is 47.3 Å². The smallest absolute Gasteiger partial charge is 0.183 e. The van der Waals surface area contributed by atoms with Gasteiger partial charge >= 0.3 is 0 Å². The highest BCUT2D eigenvalue weighted by Crippen LogP contribution is 2.12. The van der Waals surface area contributed by atoms with E-state index < -0.39 is 0 Å². The van der Waals surface area contributed by atoms with E-state index in [1.54, 1.807) is 16.8 Å². The Morgan fingerprint density at radius 2 is 2.13 bits per heavy atom.